The number of ether oxygens (including phenoxy) is 3. The minimum atomic E-state index is -0.326. The number of nitrogens with two attached hydrogens (primary N) is 1. The number of likely N-dealkylation sites (N-methyl/N-ethyl adjacent to an activating group) is 1. The van der Waals surface area contributed by atoms with Crippen LogP contribution < -0.4 is 5.73 Å². The Hall–Kier alpha value is -1.77. The van der Waals surface area contributed by atoms with E-state index in [1.807, 2.05) is 0 Å². The van der Waals surface area contributed by atoms with Crippen molar-refractivity contribution >= 4 is 11.7 Å². The van der Waals surface area contributed by atoms with Gasteiger partial charge in [0.1, 0.15) is 12.2 Å². The number of anilines is 1. The third-order valence-corrected chi connectivity index (χ3v) is 3.64. The Balaban J connectivity index is 2.19. The van der Waals surface area contributed by atoms with Crippen molar-refractivity contribution in [2.24, 2.45) is 0 Å². The molecule has 0 radical (unpaired) electrons. The molecule has 21 heavy (non-hydrogen) atoms. The van der Waals surface area contributed by atoms with E-state index in [4.69, 9.17) is 19.9 Å². The average Bonchev–Trinajstić information content (AvgIpc) is 2.53. The molecule has 1 aromatic heterocycles. The molecule has 2 rings (SSSR count). The largest absolute Gasteiger partial charge is 0.382 e. The molecule has 0 spiro atoms. The molecule has 0 aromatic carbocycles. The second kappa shape index (κ2) is 6.79. The molecular formula is C13H20N4O4. The lowest BCUT2D eigenvalue weighted by molar-refractivity contribution is -0.147. The number of carbonyl (C=O) groups is 1. The molecule has 8 heteroatoms. The van der Waals surface area contributed by atoms with Gasteiger partial charge in [0.05, 0.1) is 19.3 Å². The zero-order valence-corrected chi connectivity index (χ0v) is 12.4. The van der Waals surface area contributed by atoms with Crippen molar-refractivity contribution in [2.45, 2.75) is 18.2 Å². The van der Waals surface area contributed by atoms with Gasteiger partial charge in [-0.2, -0.15) is 0 Å². The van der Waals surface area contributed by atoms with Crippen LogP contribution in [-0.2, 0) is 14.2 Å². The first-order valence-corrected chi connectivity index (χ1v) is 6.57. The van der Waals surface area contributed by atoms with Crippen LogP contribution in [0.25, 0.3) is 0 Å². The van der Waals surface area contributed by atoms with Crippen LogP contribution in [0.2, 0.25) is 0 Å². The lowest BCUT2D eigenvalue weighted by atomic mass is 10.0. The standard InChI is InChI=1S/C13H20N4O4/c1-17(13(18)10-12(14)16-5-4-15-10)8-6-21-7-9(19-2)11(8)20-3/h4-5,8-9,11H,6-7H2,1-3H3,(H2,14,16)/t8-,9-,11+/m1/s1. The van der Waals surface area contributed by atoms with Crippen molar-refractivity contribution in [1.82, 2.24) is 14.9 Å². The quantitative estimate of drug-likeness (QED) is 0.804. The minimum Gasteiger partial charge on any atom is -0.382 e. The molecule has 1 aromatic rings. The van der Waals surface area contributed by atoms with E-state index in [1.165, 1.54) is 17.3 Å². The third-order valence-electron chi connectivity index (χ3n) is 3.64. The topological polar surface area (TPSA) is 99.8 Å². The molecule has 1 saturated heterocycles. The van der Waals surface area contributed by atoms with Crippen LogP contribution in [0.5, 0.6) is 0 Å². The van der Waals surface area contributed by atoms with Gasteiger partial charge in [0.15, 0.2) is 11.5 Å². The predicted molar refractivity (Wildman–Crippen MR) is 74.7 cm³/mol. The van der Waals surface area contributed by atoms with Crippen LogP contribution >= 0.6 is 0 Å². The number of hydrogen-bond acceptors (Lipinski definition) is 7. The number of hydrogen-bond donors (Lipinski definition) is 1. The molecule has 8 nitrogen and oxygen atoms in total. The summed E-state index contributed by atoms with van der Waals surface area (Å²) < 4.78 is 16.3. The maximum Gasteiger partial charge on any atom is 0.276 e. The Kier molecular flexibility index (Phi) is 5.05. The number of nitrogens with zero attached hydrogens (tertiary/aromatic N) is 3. The summed E-state index contributed by atoms with van der Waals surface area (Å²) in [5, 5.41) is 0. The first-order valence-electron chi connectivity index (χ1n) is 6.57. The van der Waals surface area contributed by atoms with E-state index in [-0.39, 0.29) is 35.7 Å². The summed E-state index contributed by atoms with van der Waals surface area (Å²) in [4.78, 5) is 21.9. The van der Waals surface area contributed by atoms with Gasteiger partial charge in [0.25, 0.3) is 5.91 Å². The molecule has 2 N–H and O–H groups in total. The fraction of sp³-hybridized carbons (Fsp3) is 0.615. The van der Waals surface area contributed by atoms with Crippen LogP contribution in [0.15, 0.2) is 12.4 Å². The van der Waals surface area contributed by atoms with E-state index in [9.17, 15) is 4.79 Å². The number of aromatic nitrogens is 2. The summed E-state index contributed by atoms with van der Waals surface area (Å²) in [6.45, 7) is 0.793. The zero-order valence-electron chi connectivity index (χ0n) is 12.4. The van der Waals surface area contributed by atoms with Crippen LogP contribution in [0, 0.1) is 0 Å². The highest BCUT2D eigenvalue weighted by Gasteiger charge is 2.39. The summed E-state index contributed by atoms with van der Waals surface area (Å²) in [6.07, 6.45) is 2.36. The predicted octanol–water partition coefficient (Wildman–Crippen LogP) is -0.440. The second-order valence-corrected chi connectivity index (χ2v) is 4.79. The average molecular weight is 296 g/mol. The van der Waals surface area contributed by atoms with Gasteiger partial charge in [0, 0.05) is 33.7 Å². The summed E-state index contributed by atoms with van der Waals surface area (Å²) in [7, 11) is 4.84. The third kappa shape index (κ3) is 3.12. The first kappa shape index (κ1) is 15.6. The van der Waals surface area contributed by atoms with Crippen LogP contribution in [0.4, 0.5) is 5.82 Å². The maximum absolute atomic E-state index is 12.5. The van der Waals surface area contributed by atoms with E-state index in [0.29, 0.717) is 13.2 Å². The Morgan fingerprint density at radius 1 is 1.33 bits per heavy atom. The minimum absolute atomic E-state index is 0.100. The van der Waals surface area contributed by atoms with Gasteiger partial charge in [-0.3, -0.25) is 4.79 Å². The lowest BCUT2D eigenvalue weighted by Gasteiger charge is -2.40. The maximum atomic E-state index is 12.5. The Morgan fingerprint density at radius 2 is 2.05 bits per heavy atom. The highest BCUT2D eigenvalue weighted by molar-refractivity contribution is 5.96. The van der Waals surface area contributed by atoms with Gasteiger partial charge >= 0.3 is 0 Å². The van der Waals surface area contributed by atoms with Crippen LogP contribution in [-0.4, -0.2) is 73.5 Å². The molecular weight excluding hydrogens is 276 g/mol. The van der Waals surface area contributed by atoms with Gasteiger partial charge in [-0.15, -0.1) is 0 Å². The fourth-order valence-corrected chi connectivity index (χ4v) is 2.42. The van der Waals surface area contributed by atoms with Gasteiger partial charge in [-0.05, 0) is 0 Å². The SMILES string of the molecule is CO[C@H]1[C@H](N(C)C(=O)c2nccnc2N)COC[C@H]1OC. The number of amides is 1. The highest BCUT2D eigenvalue weighted by atomic mass is 16.6. The van der Waals surface area contributed by atoms with Crippen molar-refractivity contribution in [2.75, 3.05) is 40.2 Å². The molecule has 1 aliphatic rings. The van der Waals surface area contributed by atoms with Crippen molar-refractivity contribution in [3.8, 4) is 0 Å². The Bertz CT molecular complexity index is 499. The fourth-order valence-electron chi connectivity index (χ4n) is 2.42. The summed E-state index contributed by atoms with van der Waals surface area (Å²) in [5.74, 6) is -0.226. The van der Waals surface area contributed by atoms with E-state index >= 15 is 0 Å². The Morgan fingerprint density at radius 3 is 2.67 bits per heavy atom. The van der Waals surface area contributed by atoms with Crippen molar-refractivity contribution in [1.29, 1.82) is 0 Å². The highest BCUT2D eigenvalue weighted by Crippen LogP contribution is 2.20. The van der Waals surface area contributed by atoms with Crippen molar-refractivity contribution in [3.63, 3.8) is 0 Å². The first-order chi connectivity index (χ1) is 10.1. The van der Waals surface area contributed by atoms with Crippen LogP contribution in [0.3, 0.4) is 0 Å². The molecule has 0 aliphatic carbocycles. The normalized spacial score (nSPS) is 25.6. The van der Waals surface area contributed by atoms with Crippen LogP contribution in [0.1, 0.15) is 10.5 Å². The number of rotatable bonds is 4. The lowest BCUT2D eigenvalue weighted by Crippen LogP contribution is -2.57. The van der Waals surface area contributed by atoms with Gasteiger partial charge in [0.2, 0.25) is 0 Å². The number of carbonyl (C=O) groups excluding carboxylic acids is 1. The number of nitrogen functional groups attached to an aromatic ring is 1. The van der Waals surface area contributed by atoms with Gasteiger partial charge in [-0.1, -0.05) is 0 Å². The van der Waals surface area contributed by atoms with E-state index in [0.717, 1.165) is 0 Å². The molecule has 3 atom stereocenters. The van der Waals surface area contributed by atoms with Gasteiger partial charge < -0.3 is 24.8 Å². The van der Waals surface area contributed by atoms with Gasteiger partial charge in [-0.25, -0.2) is 9.97 Å². The van der Waals surface area contributed by atoms with Crippen molar-refractivity contribution in [3.05, 3.63) is 18.1 Å². The molecule has 0 saturated carbocycles. The smallest absolute Gasteiger partial charge is 0.276 e. The van der Waals surface area contributed by atoms with Crippen molar-refractivity contribution < 1.29 is 19.0 Å². The summed E-state index contributed by atoms with van der Waals surface area (Å²) >= 11 is 0. The second-order valence-electron chi connectivity index (χ2n) is 4.79. The summed E-state index contributed by atoms with van der Waals surface area (Å²) in [6, 6.07) is -0.289. The zero-order chi connectivity index (χ0) is 15.4. The molecule has 2 heterocycles. The molecule has 116 valence electrons. The van der Waals surface area contributed by atoms with E-state index < -0.39 is 0 Å². The molecule has 0 bridgehead atoms. The molecule has 0 unspecified atom stereocenters. The molecule has 1 amide bonds. The van der Waals surface area contributed by atoms with E-state index in [2.05, 4.69) is 9.97 Å². The number of methoxy groups -OCH3 is 2. The molecule has 1 fully saturated rings. The Labute approximate surface area is 123 Å². The molecule has 1 aliphatic heterocycles. The summed E-state index contributed by atoms with van der Waals surface area (Å²) in [5.41, 5.74) is 5.82. The van der Waals surface area contributed by atoms with E-state index in [1.54, 1.807) is 21.3 Å². The monoisotopic (exact) mass is 296 g/mol.